The molecule has 0 saturated carbocycles. The molecule has 17 heavy (non-hydrogen) atoms. The van der Waals surface area contributed by atoms with Gasteiger partial charge in [0.25, 0.3) is 0 Å². The molecule has 0 N–H and O–H groups in total. The molecule has 1 aliphatic rings. The van der Waals surface area contributed by atoms with Gasteiger partial charge in [-0.05, 0) is 36.5 Å². The first-order chi connectivity index (χ1) is 8.35. The van der Waals surface area contributed by atoms with Gasteiger partial charge < -0.3 is 14.3 Å². The summed E-state index contributed by atoms with van der Waals surface area (Å²) in [6.07, 6.45) is 3.00. The highest BCUT2D eigenvalue weighted by Crippen LogP contribution is 2.31. The van der Waals surface area contributed by atoms with Crippen molar-refractivity contribution in [3.63, 3.8) is 0 Å². The Morgan fingerprint density at radius 2 is 1.94 bits per heavy atom. The zero-order valence-corrected chi connectivity index (χ0v) is 10.1. The molecule has 1 aliphatic heterocycles. The largest absolute Gasteiger partial charge is 0.497 e. The van der Waals surface area contributed by atoms with Crippen molar-refractivity contribution in [1.29, 1.82) is 0 Å². The lowest BCUT2D eigenvalue weighted by atomic mass is 9.82. The fourth-order valence-electron chi connectivity index (χ4n) is 2.36. The third-order valence-electron chi connectivity index (χ3n) is 3.42. The Labute approximate surface area is 102 Å². The molecular formula is C14H18O3. The van der Waals surface area contributed by atoms with Gasteiger partial charge in [0.2, 0.25) is 0 Å². The van der Waals surface area contributed by atoms with Crippen molar-refractivity contribution in [1.82, 2.24) is 0 Å². The summed E-state index contributed by atoms with van der Waals surface area (Å²) in [7, 11) is 1.64. The Morgan fingerprint density at radius 1 is 1.29 bits per heavy atom. The molecular weight excluding hydrogens is 216 g/mol. The summed E-state index contributed by atoms with van der Waals surface area (Å²) in [4.78, 5) is 11.3. The maximum atomic E-state index is 11.3. The molecule has 1 aromatic carbocycles. The van der Waals surface area contributed by atoms with Crippen molar-refractivity contribution in [2.24, 2.45) is 5.92 Å². The first-order valence-corrected chi connectivity index (χ1v) is 6.02. The van der Waals surface area contributed by atoms with Gasteiger partial charge in [0.05, 0.1) is 7.11 Å². The topological polar surface area (TPSA) is 35.5 Å². The van der Waals surface area contributed by atoms with Gasteiger partial charge >= 0.3 is 0 Å². The fourth-order valence-corrected chi connectivity index (χ4v) is 2.36. The number of hydrogen-bond acceptors (Lipinski definition) is 3. The molecule has 92 valence electrons. The molecule has 1 aromatic rings. The molecule has 0 radical (unpaired) electrons. The quantitative estimate of drug-likeness (QED) is 0.750. The van der Waals surface area contributed by atoms with Crippen LogP contribution in [-0.4, -0.2) is 26.6 Å². The van der Waals surface area contributed by atoms with Crippen LogP contribution in [0.15, 0.2) is 24.3 Å². The number of hydrogen-bond donors (Lipinski definition) is 0. The number of rotatable bonds is 4. The van der Waals surface area contributed by atoms with Gasteiger partial charge in [-0.15, -0.1) is 0 Å². The summed E-state index contributed by atoms with van der Waals surface area (Å²) >= 11 is 0. The SMILES string of the molecule is COc1ccc(C(C=O)C2CCOCC2)cc1. The zero-order chi connectivity index (χ0) is 12.1. The summed E-state index contributed by atoms with van der Waals surface area (Å²) in [6, 6.07) is 7.77. The summed E-state index contributed by atoms with van der Waals surface area (Å²) in [5.41, 5.74) is 1.08. The average molecular weight is 234 g/mol. The van der Waals surface area contributed by atoms with Crippen molar-refractivity contribution < 1.29 is 14.3 Å². The van der Waals surface area contributed by atoms with Crippen LogP contribution in [0.2, 0.25) is 0 Å². The Balaban J connectivity index is 2.12. The first kappa shape index (κ1) is 12.1. The van der Waals surface area contributed by atoms with E-state index in [1.807, 2.05) is 24.3 Å². The van der Waals surface area contributed by atoms with Crippen LogP contribution >= 0.6 is 0 Å². The monoisotopic (exact) mass is 234 g/mol. The smallest absolute Gasteiger partial charge is 0.127 e. The highest BCUT2D eigenvalue weighted by atomic mass is 16.5. The number of methoxy groups -OCH3 is 1. The summed E-state index contributed by atoms with van der Waals surface area (Å²) in [5.74, 6) is 1.23. The van der Waals surface area contributed by atoms with E-state index in [1.165, 1.54) is 0 Å². The van der Waals surface area contributed by atoms with E-state index in [-0.39, 0.29) is 5.92 Å². The second-order valence-electron chi connectivity index (χ2n) is 4.38. The highest BCUT2D eigenvalue weighted by Gasteiger charge is 2.24. The van der Waals surface area contributed by atoms with Gasteiger partial charge in [0, 0.05) is 19.1 Å². The van der Waals surface area contributed by atoms with E-state index >= 15 is 0 Å². The molecule has 1 unspecified atom stereocenters. The second-order valence-corrected chi connectivity index (χ2v) is 4.38. The molecule has 0 aromatic heterocycles. The standard InChI is InChI=1S/C14H18O3/c1-16-13-4-2-11(3-5-13)14(10-15)12-6-8-17-9-7-12/h2-5,10,12,14H,6-9H2,1H3. The molecule has 1 heterocycles. The molecule has 2 rings (SSSR count). The lowest BCUT2D eigenvalue weighted by Gasteiger charge is -2.27. The van der Waals surface area contributed by atoms with E-state index in [9.17, 15) is 4.79 Å². The summed E-state index contributed by atoms with van der Waals surface area (Å²) in [5, 5.41) is 0. The highest BCUT2D eigenvalue weighted by molar-refractivity contribution is 5.63. The summed E-state index contributed by atoms with van der Waals surface area (Å²) in [6.45, 7) is 1.54. The second kappa shape index (κ2) is 5.82. The predicted octanol–water partition coefficient (Wildman–Crippen LogP) is 2.40. The Hall–Kier alpha value is -1.35. The number of aldehydes is 1. The van der Waals surface area contributed by atoms with Gasteiger partial charge in [0.15, 0.2) is 0 Å². The Bertz CT molecular complexity index is 352. The van der Waals surface area contributed by atoms with Crippen LogP contribution in [0.3, 0.4) is 0 Å². The van der Waals surface area contributed by atoms with Crippen molar-refractivity contribution in [2.75, 3.05) is 20.3 Å². The maximum absolute atomic E-state index is 11.3. The number of benzene rings is 1. The molecule has 3 heteroatoms. The zero-order valence-electron chi connectivity index (χ0n) is 10.1. The summed E-state index contributed by atoms with van der Waals surface area (Å²) < 4.78 is 10.5. The molecule has 1 saturated heterocycles. The van der Waals surface area contributed by atoms with Crippen LogP contribution in [0, 0.1) is 5.92 Å². The molecule has 3 nitrogen and oxygen atoms in total. The Kier molecular flexibility index (Phi) is 4.15. The lowest BCUT2D eigenvalue weighted by molar-refractivity contribution is -0.110. The van der Waals surface area contributed by atoms with E-state index in [2.05, 4.69) is 0 Å². The number of carbonyl (C=O) groups excluding carboxylic acids is 1. The molecule has 0 bridgehead atoms. The predicted molar refractivity (Wildman–Crippen MR) is 65.3 cm³/mol. The third-order valence-corrected chi connectivity index (χ3v) is 3.42. The number of carbonyl (C=O) groups is 1. The fraction of sp³-hybridized carbons (Fsp3) is 0.500. The lowest BCUT2D eigenvalue weighted by Crippen LogP contribution is -2.23. The Morgan fingerprint density at radius 3 is 2.47 bits per heavy atom. The van der Waals surface area contributed by atoms with Gasteiger partial charge in [-0.1, -0.05) is 12.1 Å². The van der Waals surface area contributed by atoms with E-state index in [1.54, 1.807) is 7.11 Å². The van der Waals surface area contributed by atoms with Gasteiger partial charge in [-0.25, -0.2) is 0 Å². The van der Waals surface area contributed by atoms with Crippen molar-refractivity contribution >= 4 is 6.29 Å². The molecule has 0 aliphatic carbocycles. The number of ether oxygens (including phenoxy) is 2. The van der Waals surface area contributed by atoms with Crippen molar-refractivity contribution in [3.8, 4) is 5.75 Å². The molecule has 0 spiro atoms. The molecule has 0 amide bonds. The minimum absolute atomic E-state index is 0.00944. The minimum Gasteiger partial charge on any atom is -0.497 e. The van der Waals surface area contributed by atoms with E-state index in [0.29, 0.717) is 5.92 Å². The average Bonchev–Trinajstić information content (AvgIpc) is 2.42. The van der Waals surface area contributed by atoms with E-state index < -0.39 is 0 Å². The first-order valence-electron chi connectivity index (χ1n) is 6.02. The van der Waals surface area contributed by atoms with Crippen molar-refractivity contribution in [2.45, 2.75) is 18.8 Å². The van der Waals surface area contributed by atoms with Gasteiger partial charge in [-0.3, -0.25) is 0 Å². The van der Waals surface area contributed by atoms with Crippen molar-refractivity contribution in [3.05, 3.63) is 29.8 Å². The maximum Gasteiger partial charge on any atom is 0.127 e. The van der Waals surface area contributed by atoms with Crippen LogP contribution in [0.25, 0.3) is 0 Å². The molecule has 1 atom stereocenters. The molecule has 1 fully saturated rings. The van der Waals surface area contributed by atoms with E-state index in [0.717, 1.165) is 43.7 Å². The van der Waals surface area contributed by atoms with Gasteiger partial charge in [0.1, 0.15) is 12.0 Å². The normalized spacial score (nSPS) is 18.6. The van der Waals surface area contributed by atoms with Gasteiger partial charge in [-0.2, -0.15) is 0 Å². The van der Waals surface area contributed by atoms with Crippen LogP contribution in [0.4, 0.5) is 0 Å². The third kappa shape index (κ3) is 2.86. The van der Waals surface area contributed by atoms with Crippen LogP contribution < -0.4 is 4.74 Å². The van der Waals surface area contributed by atoms with Crippen LogP contribution in [0.5, 0.6) is 5.75 Å². The van der Waals surface area contributed by atoms with E-state index in [4.69, 9.17) is 9.47 Å². The van der Waals surface area contributed by atoms with Crippen LogP contribution in [-0.2, 0) is 9.53 Å². The minimum atomic E-state index is -0.00944. The van der Waals surface area contributed by atoms with Crippen LogP contribution in [0.1, 0.15) is 24.3 Å².